The number of benzene rings is 1. The predicted molar refractivity (Wildman–Crippen MR) is 95.3 cm³/mol. The molecule has 1 amide bonds. The molecule has 1 saturated carbocycles. The number of carbonyl (C=O) groups excluding carboxylic acids is 1. The van der Waals surface area contributed by atoms with Gasteiger partial charge in [0.15, 0.2) is 5.52 Å². The largest absolute Gasteiger partial charge is 0.594 e. The van der Waals surface area contributed by atoms with Gasteiger partial charge < -0.3 is 21.0 Å². The van der Waals surface area contributed by atoms with Crippen molar-refractivity contribution in [3.05, 3.63) is 47.2 Å². The first-order valence-electron chi connectivity index (χ1n) is 8.33. The molecule has 2 heterocycles. The smallest absolute Gasteiger partial charge is 0.332 e. The van der Waals surface area contributed by atoms with Gasteiger partial charge in [-0.15, -0.1) is 0 Å². The normalized spacial score (nSPS) is 13.6. The van der Waals surface area contributed by atoms with Crippen LogP contribution in [0.4, 0.5) is 10.1 Å². The van der Waals surface area contributed by atoms with Crippen LogP contribution in [0.2, 0.25) is 0 Å². The van der Waals surface area contributed by atoms with Crippen molar-refractivity contribution < 1.29 is 18.8 Å². The molecule has 9 heteroatoms. The molecule has 4 rings (SSSR count). The highest BCUT2D eigenvalue weighted by molar-refractivity contribution is 6.07. The first kappa shape index (κ1) is 17.0. The molecule has 1 aliphatic carbocycles. The molecule has 8 nitrogen and oxygen atoms in total. The number of nitrogens with two attached hydrogens (primary N) is 1. The van der Waals surface area contributed by atoms with Crippen molar-refractivity contribution >= 4 is 22.5 Å². The second kappa shape index (κ2) is 6.35. The number of nitrogen functional groups attached to an aromatic ring is 1. The van der Waals surface area contributed by atoms with E-state index in [9.17, 15) is 14.4 Å². The number of nitrogens with one attached hydrogen (secondary N) is 1. The predicted octanol–water partition coefficient (Wildman–Crippen LogP) is 1.55. The van der Waals surface area contributed by atoms with Crippen LogP contribution in [-0.4, -0.2) is 29.1 Å². The summed E-state index contributed by atoms with van der Waals surface area (Å²) in [5, 5.41) is 19.3. The first-order valence-corrected chi connectivity index (χ1v) is 8.33. The van der Waals surface area contributed by atoms with Crippen molar-refractivity contribution in [2.24, 2.45) is 0 Å². The first-order chi connectivity index (χ1) is 13.0. The lowest BCUT2D eigenvalue weighted by Crippen LogP contribution is -2.44. The van der Waals surface area contributed by atoms with E-state index in [0.717, 1.165) is 12.8 Å². The summed E-state index contributed by atoms with van der Waals surface area (Å²) < 4.78 is 19.9. The van der Waals surface area contributed by atoms with Crippen LogP contribution in [0, 0.1) is 11.0 Å². The van der Waals surface area contributed by atoms with Gasteiger partial charge >= 0.3 is 11.6 Å². The summed E-state index contributed by atoms with van der Waals surface area (Å²) in [6.45, 7) is 0. The van der Waals surface area contributed by atoms with Crippen molar-refractivity contribution in [1.82, 2.24) is 15.4 Å². The van der Waals surface area contributed by atoms with Crippen molar-refractivity contribution in [2.45, 2.75) is 18.9 Å². The van der Waals surface area contributed by atoms with E-state index in [-0.39, 0.29) is 39.2 Å². The zero-order valence-electron chi connectivity index (χ0n) is 14.4. The van der Waals surface area contributed by atoms with Crippen LogP contribution in [0.15, 0.2) is 30.5 Å². The molecule has 0 radical (unpaired) electrons. The maximum absolute atomic E-state index is 14.7. The Hall–Kier alpha value is -3.49. The average Bonchev–Trinajstić information content (AvgIpc) is 3.45. The van der Waals surface area contributed by atoms with Gasteiger partial charge in [0, 0.05) is 28.3 Å². The molecule has 3 N–H and O–H groups in total. The summed E-state index contributed by atoms with van der Waals surface area (Å²) >= 11 is 0. The number of nitrogens with zero attached hydrogens (tertiary/aromatic N) is 3. The molecule has 1 aliphatic rings. The van der Waals surface area contributed by atoms with Gasteiger partial charge in [0.2, 0.25) is 5.88 Å². The number of hydrogen-bond acceptors (Lipinski definition) is 6. The van der Waals surface area contributed by atoms with Gasteiger partial charge in [-0.25, -0.2) is 9.37 Å². The van der Waals surface area contributed by atoms with E-state index < -0.39 is 11.7 Å². The monoisotopic (exact) mass is 369 g/mol. The highest BCUT2D eigenvalue weighted by atomic mass is 19.1. The number of pyridine rings is 1. The van der Waals surface area contributed by atoms with E-state index in [1.54, 1.807) is 12.1 Å². The number of carbonyl (C=O) groups is 1. The standard InChI is InChI=1S/C18H16FN5O3/c1-27-18-10(3-2-8-21-18)13-12(19)7-6-11-14(20)16(24(26)23-15(11)13)17(25)22-9-4-5-9/h2-3,6-9H,4-5,20H2,1H3,(H,22,25). The van der Waals surface area contributed by atoms with E-state index in [0.29, 0.717) is 10.9 Å². The van der Waals surface area contributed by atoms with Crippen LogP contribution in [0.1, 0.15) is 23.3 Å². The Morgan fingerprint density at radius 1 is 1.41 bits per heavy atom. The highest BCUT2D eigenvalue weighted by Gasteiger charge is 2.32. The molecule has 0 aliphatic heterocycles. The molecule has 0 saturated heterocycles. The number of methoxy groups -OCH3 is 1. The van der Waals surface area contributed by atoms with Crippen LogP contribution < -0.4 is 20.6 Å². The van der Waals surface area contributed by atoms with Gasteiger partial charge in [0.25, 0.3) is 0 Å². The Balaban J connectivity index is 1.96. The molecule has 0 bridgehead atoms. The van der Waals surface area contributed by atoms with Crippen molar-refractivity contribution in [1.29, 1.82) is 0 Å². The third-order valence-corrected chi connectivity index (χ3v) is 4.42. The van der Waals surface area contributed by atoms with Gasteiger partial charge in [-0.1, -0.05) is 0 Å². The Labute approximate surface area is 153 Å². The SMILES string of the molecule is COc1ncccc1-c1c(F)ccc2c(N)c(C(=O)NC3CC3)[n+]([O-])nc12. The number of hydrogen-bond donors (Lipinski definition) is 2. The Bertz CT molecular complexity index is 1070. The Morgan fingerprint density at radius 2 is 2.19 bits per heavy atom. The van der Waals surface area contributed by atoms with Crippen LogP contribution in [-0.2, 0) is 0 Å². The second-order valence-electron chi connectivity index (χ2n) is 6.26. The fraction of sp³-hybridized carbons (Fsp3) is 0.222. The van der Waals surface area contributed by atoms with Crippen LogP contribution in [0.25, 0.3) is 22.0 Å². The van der Waals surface area contributed by atoms with E-state index in [1.165, 1.54) is 25.4 Å². The van der Waals surface area contributed by atoms with E-state index in [1.807, 2.05) is 0 Å². The number of aromatic nitrogens is 3. The van der Waals surface area contributed by atoms with E-state index in [2.05, 4.69) is 15.4 Å². The van der Waals surface area contributed by atoms with Gasteiger partial charge in [-0.3, -0.25) is 4.79 Å². The fourth-order valence-corrected chi connectivity index (χ4v) is 2.95. The Morgan fingerprint density at radius 3 is 2.89 bits per heavy atom. The molecule has 1 fully saturated rings. The molecule has 27 heavy (non-hydrogen) atoms. The summed E-state index contributed by atoms with van der Waals surface area (Å²) in [5.74, 6) is -1.03. The number of halogens is 1. The average molecular weight is 369 g/mol. The van der Waals surface area contributed by atoms with Gasteiger partial charge in [0.05, 0.1) is 12.7 Å². The molecular weight excluding hydrogens is 353 g/mol. The number of fused-ring (bicyclic) bond motifs is 1. The molecule has 138 valence electrons. The maximum atomic E-state index is 14.7. The van der Waals surface area contributed by atoms with E-state index >= 15 is 0 Å². The van der Waals surface area contributed by atoms with Gasteiger partial charge in [0.1, 0.15) is 11.5 Å². The summed E-state index contributed by atoms with van der Waals surface area (Å²) in [6.07, 6.45) is 3.23. The molecule has 2 aromatic heterocycles. The fourth-order valence-electron chi connectivity index (χ4n) is 2.95. The minimum absolute atomic E-state index is 0.0248. The molecular formula is C18H16FN5O3. The molecule has 0 unspecified atom stereocenters. The summed E-state index contributed by atoms with van der Waals surface area (Å²) in [5.41, 5.74) is 6.11. The topological polar surface area (TPSA) is 117 Å². The van der Waals surface area contributed by atoms with Crippen LogP contribution >= 0.6 is 0 Å². The third kappa shape index (κ3) is 2.86. The number of ether oxygens (including phenoxy) is 1. The number of amides is 1. The summed E-state index contributed by atoms with van der Waals surface area (Å²) in [7, 11) is 1.41. The lowest BCUT2D eigenvalue weighted by atomic mass is 10.0. The van der Waals surface area contributed by atoms with Crippen LogP contribution in [0.5, 0.6) is 5.88 Å². The van der Waals surface area contributed by atoms with Crippen molar-refractivity contribution in [3.8, 4) is 17.0 Å². The summed E-state index contributed by atoms with van der Waals surface area (Å²) in [4.78, 5) is 16.5. The minimum atomic E-state index is -0.615. The van der Waals surface area contributed by atoms with Gasteiger partial charge in [-0.2, -0.15) is 0 Å². The summed E-state index contributed by atoms with van der Waals surface area (Å²) in [6, 6.07) is 5.87. The Kier molecular flexibility index (Phi) is 3.98. The van der Waals surface area contributed by atoms with E-state index in [4.69, 9.17) is 10.5 Å². The molecule has 0 atom stereocenters. The molecule has 1 aromatic carbocycles. The number of rotatable bonds is 4. The quantitative estimate of drug-likeness (QED) is 0.532. The molecule has 0 spiro atoms. The number of anilines is 1. The minimum Gasteiger partial charge on any atom is -0.594 e. The second-order valence-corrected chi connectivity index (χ2v) is 6.26. The maximum Gasteiger partial charge on any atom is 0.332 e. The van der Waals surface area contributed by atoms with Crippen LogP contribution in [0.3, 0.4) is 0 Å². The van der Waals surface area contributed by atoms with Crippen molar-refractivity contribution in [2.75, 3.05) is 12.8 Å². The lowest BCUT2D eigenvalue weighted by molar-refractivity contribution is -0.667. The zero-order valence-corrected chi connectivity index (χ0v) is 14.4. The highest BCUT2D eigenvalue weighted by Crippen LogP contribution is 2.36. The molecule has 3 aromatic rings. The van der Waals surface area contributed by atoms with Crippen molar-refractivity contribution in [3.63, 3.8) is 0 Å². The zero-order chi connectivity index (χ0) is 19.1. The lowest BCUT2D eigenvalue weighted by Gasteiger charge is -2.12. The third-order valence-electron chi connectivity index (χ3n) is 4.42. The van der Waals surface area contributed by atoms with Gasteiger partial charge in [-0.05, 0) is 42.0 Å².